The Morgan fingerprint density at radius 3 is 2.67 bits per heavy atom. The monoisotopic (exact) mass is 148 g/mol. The van der Waals surface area contributed by atoms with Crippen molar-refractivity contribution in [3.8, 4) is 0 Å². The van der Waals surface area contributed by atoms with Gasteiger partial charge in [-0.3, -0.25) is 9.79 Å². The molecule has 0 aliphatic carbocycles. The van der Waals surface area contributed by atoms with Gasteiger partial charge < -0.3 is 5.73 Å². The number of carbonyl (C=O) groups excluding carboxylic acids is 1. The Morgan fingerprint density at radius 2 is 2.44 bits per heavy atom. The first-order valence-electron chi connectivity index (χ1n) is 2.61. The van der Waals surface area contributed by atoms with Crippen LogP contribution in [0.2, 0.25) is 0 Å². The maximum absolute atomic E-state index is 10.3. The zero-order chi connectivity index (χ0) is 5.98. The maximum Gasteiger partial charge on any atom is 0.242 e. The van der Waals surface area contributed by atoms with E-state index in [1.54, 1.807) is 6.21 Å². The van der Waals surface area contributed by atoms with E-state index in [1.165, 1.54) is 0 Å². The molecule has 52 valence electrons. The van der Waals surface area contributed by atoms with Gasteiger partial charge in [-0.2, -0.15) is 0 Å². The van der Waals surface area contributed by atoms with Crippen molar-refractivity contribution in [1.29, 1.82) is 0 Å². The summed E-state index contributed by atoms with van der Waals surface area (Å²) in [6.45, 7) is 0. The van der Waals surface area contributed by atoms with Crippen LogP contribution in [0.25, 0.3) is 0 Å². The summed E-state index contributed by atoms with van der Waals surface area (Å²) >= 11 is 0. The number of amides is 1. The summed E-state index contributed by atoms with van der Waals surface area (Å²) in [4.78, 5) is 14.1. The zero-order valence-electron chi connectivity index (χ0n) is 4.91. The van der Waals surface area contributed by atoms with E-state index in [4.69, 9.17) is 5.73 Å². The van der Waals surface area contributed by atoms with Gasteiger partial charge in [0.2, 0.25) is 5.91 Å². The average Bonchev–Trinajstić information content (AvgIpc) is 2.12. The molecule has 0 aromatic heterocycles. The fraction of sp³-hybridized carbons (Fsp3) is 0.600. The van der Waals surface area contributed by atoms with E-state index < -0.39 is 0 Å². The van der Waals surface area contributed by atoms with Crippen LogP contribution in [0.15, 0.2) is 4.99 Å². The molecular formula is C5H9ClN2O. The van der Waals surface area contributed by atoms with E-state index >= 15 is 0 Å². The molecule has 1 atom stereocenters. The van der Waals surface area contributed by atoms with Gasteiger partial charge >= 0.3 is 0 Å². The fourth-order valence-corrected chi connectivity index (χ4v) is 0.724. The van der Waals surface area contributed by atoms with Crippen molar-refractivity contribution in [2.75, 3.05) is 0 Å². The van der Waals surface area contributed by atoms with Gasteiger partial charge in [0.1, 0.15) is 6.04 Å². The van der Waals surface area contributed by atoms with Crippen molar-refractivity contribution in [3.05, 3.63) is 0 Å². The summed E-state index contributed by atoms with van der Waals surface area (Å²) in [5.41, 5.74) is 4.95. The molecule has 0 aromatic carbocycles. The number of hydrogen-bond acceptors (Lipinski definition) is 2. The first kappa shape index (κ1) is 8.43. The summed E-state index contributed by atoms with van der Waals surface area (Å²) in [7, 11) is 0. The van der Waals surface area contributed by atoms with Crippen LogP contribution in [0.4, 0.5) is 0 Å². The first-order chi connectivity index (χ1) is 3.80. The molecule has 0 spiro atoms. The highest BCUT2D eigenvalue weighted by molar-refractivity contribution is 5.85. The number of carbonyl (C=O) groups is 1. The Kier molecular flexibility index (Phi) is 3.24. The van der Waals surface area contributed by atoms with Gasteiger partial charge in [-0.25, -0.2) is 0 Å². The molecule has 4 heteroatoms. The second-order valence-electron chi connectivity index (χ2n) is 1.83. The van der Waals surface area contributed by atoms with Gasteiger partial charge in [0.15, 0.2) is 0 Å². The van der Waals surface area contributed by atoms with Crippen molar-refractivity contribution < 1.29 is 4.79 Å². The predicted octanol–water partition coefficient (Wildman–Crippen LogP) is 0.127. The van der Waals surface area contributed by atoms with E-state index in [0.717, 1.165) is 12.8 Å². The van der Waals surface area contributed by atoms with E-state index in [9.17, 15) is 4.79 Å². The fourth-order valence-electron chi connectivity index (χ4n) is 0.724. The minimum Gasteiger partial charge on any atom is -0.368 e. The minimum absolute atomic E-state index is 0. The van der Waals surface area contributed by atoms with Gasteiger partial charge in [-0.15, -0.1) is 12.4 Å². The van der Waals surface area contributed by atoms with E-state index in [-0.39, 0.29) is 24.4 Å². The largest absolute Gasteiger partial charge is 0.368 e. The molecule has 0 saturated heterocycles. The molecule has 3 nitrogen and oxygen atoms in total. The molecule has 0 bridgehead atoms. The summed E-state index contributed by atoms with van der Waals surface area (Å²) in [5, 5.41) is 0. The smallest absolute Gasteiger partial charge is 0.242 e. The molecule has 1 unspecified atom stereocenters. The lowest BCUT2D eigenvalue weighted by molar-refractivity contribution is -0.119. The summed E-state index contributed by atoms with van der Waals surface area (Å²) in [6.07, 6.45) is 3.44. The molecule has 2 N–H and O–H groups in total. The number of halogens is 1. The Balaban J connectivity index is 0.000000640. The first-order valence-corrected chi connectivity index (χ1v) is 2.61. The van der Waals surface area contributed by atoms with Crippen molar-refractivity contribution in [2.45, 2.75) is 18.9 Å². The molecular weight excluding hydrogens is 140 g/mol. The molecule has 1 heterocycles. The maximum atomic E-state index is 10.3. The highest BCUT2D eigenvalue weighted by Crippen LogP contribution is 2.05. The quantitative estimate of drug-likeness (QED) is 0.565. The molecule has 0 aromatic rings. The van der Waals surface area contributed by atoms with E-state index in [2.05, 4.69) is 4.99 Å². The summed E-state index contributed by atoms with van der Waals surface area (Å²) < 4.78 is 0. The van der Waals surface area contributed by atoms with Crippen LogP contribution in [0.3, 0.4) is 0 Å². The molecule has 9 heavy (non-hydrogen) atoms. The number of rotatable bonds is 1. The van der Waals surface area contributed by atoms with Gasteiger partial charge in [-0.05, 0) is 19.1 Å². The van der Waals surface area contributed by atoms with Gasteiger partial charge in [0, 0.05) is 0 Å². The number of aliphatic imine (C=N–C) groups is 1. The Bertz CT molecular complexity index is 135. The average molecular weight is 149 g/mol. The van der Waals surface area contributed by atoms with Crippen LogP contribution in [0, 0.1) is 0 Å². The topological polar surface area (TPSA) is 55.5 Å². The van der Waals surface area contributed by atoms with Gasteiger partial charge in [0.05, 0.1) is 0 Å². The Hall–Kier alpha value is -0.570. The third-order valence-corrected chi connectivity index (χ3v) is 1.18. The normalized spacial score (nSPS) is 23.3. The lowest BCUT2D eigenvalue weighted by atomic mass is 10.2. The van der Waals surface area contributed by atoms with Crippen LogP contribution < -0.4 is 5.73 Å². The molecule has 0 radical (unpaired) electrons. The highest BCUT2D eigenvalue weighted by Gasteiger charge is 2.14. The number of hydrogen-bond donors (Lipinski definition) is 1. The third kappa shape index (κ3) is 2.01. The van der Waals surface area contributed by atoms with Gasteiger partial charge in [0.25, 0.3) is 0 Å². The third-order valence-electron chi connectivity index (χ3n) is 1.18. The Labute approximate surface area is 59.7 Å². The molecule has 1 rings (SSSR count). The van der Waals surface area contributed by atoms with Crippen molar-refractivity contribution in [3.63, 3.8) is 0 Å². The predicted molar refractivity (Wildman–Crippen MR) is 38.0 cm³/mol. The number of primary amides is 1. The molecule has 0 fully saturated rings. The van der Waals surface area contributed by atoms with E-state index in [0.29, 0.717) is 0 Å². The van der Waals surface area contributed by atoms with Crippen LogP contribution in [-0.4, -0.2) is 18.2 Å². The number of nitrogens with zero attached hydrogens (tertiary/aromatic N) is 1. The second-order valence-corrected chi connectivity index (χ2v) is 1.83. The second kappa shape index (κ2) is 3.45. The molecule has 1 amide bonds. The van der Waals surface area contributed by atoms with Crippen LogP contribution in [-0.2, 0) is 4.79 Å². The lowest BCUT2D eigenvalue weighted by Gasteiger charge is -1.96. The van der Waals surface area contributed by atoms with E-state index in [1.807, 2.05) is 0 Å². The molecule has 0 saturated carbocycles. The molecule has 1 aliphatic rings. The van der Waals surface area contributed by atoms with Crippen LogP contribution in [0.1, 0.15) is 12.8 Å². The van der Waals surface area contributed by atoms with Crippen LogP contribution >= 0.6 is 12.4 Å². The summed E-state index contributed by atoms with van der Waals surface area (Å²) in [5.74, 6) is -0.307. The standard InChI is InChI=1S/C5H8N2O.ClH/c6-5(8)4-2-1-3-7-4;/h3-4H,1-2H2,(H2,6,8);1H. The number of nitrogens with two attached hydrogens (primary N) is 1. The van der Waals surface area contributed by atoms with Crippen molar-refractivity contribution in [2.24, 2.45) is 10.7 Å². The summed E-state index contributed by atoms with van der Waals surface area (Å²) in [6, 6.07) is -0.227. The SMILES string of the molecule is Cl.NC(=O)C1CCC=N1. The van der Waals surface area contributed by atoms with Crippen molar-refractivity contribution >= 4 is 24.5 Å². The highest BCUT2D eigenvalue weighted by atomic mass is 35.5. The van der Waals surface area contributed by atoms with Crippen LogP contribution in [0.5, 0.6) is 0 Å². The zero-order valence-corrected chi connectivity index (χ0v) is 5.73. The lowest BCUT2D eigenvalue weighted by Crippen LogP contribution is -2.24. The van der Waals surface area contributed by atoms with Crippen molar-refractivity contribution in [1.82, 2.24) is 0 Å². The van der Waals surface area contributed by atoms with Gasteiger partial charge in [-0.1, -0.05) is 0 Å². The molecule has 1 aliphatic heterocycles. The minimum atomic E-state index is -0.307. The Morgan fingerprint density at radius 1 is 1.78 bits per heavy atom.